The highest BCUT2D eigenvalue weighted by atomic mass is 16.5. The Morgan fingerprint density at radius 2 is 1.74 bits per heavy atom. The molecule has 4 atom stereocenters. The molecule has 0 radical (unpaired) electrons. The predicted molar refractivity (Wildman–Crippen MR) is 139 cm³/mol. The summed E-state index contributed by atoms with van der Waals surface area (Å²) in [7, 11) is 1.45. The second kappa shape index (κ2) is 12.5. The van der Waals surface area contributed by atoms with Crippen LogP contribution >= 0.6 is 0 Å². The van der Waals surface area contributed by atoms with Crippen molar-refractivity contribution in [1.82, 2.24) is 30.7 Å². The van der Waals surface area contributed by atoms with E-state index >= 15 is 0 Å². The molecule has 3 heterocycles. The van der Waals surface area contributed by atoms with Gasteiger partial charge in [0.1, 0.15) is 17.8 Å². The van der Waals surface area contributed by atoms with Gasteiger partial charge in [0, 0.05) is 32.8 Å². The molecule has 12 heteroatoms. The molecule has 12 nitrogen and oxygen atoms in total. The molecule has 5 amide bonds. The zero-order valence-electron chi connectivity index (χ0n) is 21.8. The van der Waals surface area contributed by atoms with E-state index in [2.05, 4.69) is 20.9 Å². The Morgan fingerprint density at radius 1 is 1.00 bits per heavy atom. The van der Waals surface area contributed by atoms with Crippen molar-refractivity contribution in [2.24, 2.45) is 0 Å². The molecular formula is C27H32N6O6. The van der Waals surface area contributed by atoms with Crippen LogP contribution in [0, 0.1) is 0 Å². The highest BCUT2D eigenvalue weighted by molar-refractivity contribution is 5.95. The first-order valence-electron chi connectivity index (χ1n) is 12.7. The van der Waals surface area contributed by atoms with E-state index in [1.54, 1.807) is 18.2 Å². The van der Waals surface area contributed by atoms with Crippen LogP contribution in [0.1, 0.15) is 23.0 Å². The maximum atomic E-state index is 13.5. The van der Waals surface area contributed by atoms with Crippen molar-refractivity contribution in [1.29, 1.82) is 0 Å². The number of hydrogen-bond donors (Lipinski definition) is 3. The van der Waals surface area contributed by atoms with Crippen LogP contribution in [0.15, 0.2) is 54.7 Å². The van der Waals surface area contributed by atoms with E-state index in [4.69, 9.17) is 4.74 Å². The maximum Gasteiger partial charge on any atom is 0.272 e. The van der Waals surface area contributed by atoms with Crippen molar-refractivity contribution in [3.8, 4) is 0 Å². The Balaban J connectivity index is 1.62. The number of carbonyl (C=O) groups excluding carboxylic acids is 5. The van der Waals surface area contributed by atoms with Crippen molar-refractivity contribution < 1.29 is 28.7 Å². The largest absolute Gasteiger partial charge is 0.360 e. The molecule has 0 saturated carbocycles. The summed E-state index contributed by atoms with van der Waals surface area (Å²) in [5.41, 5.74) is 1.02. The van der Waals surface area contributed by atoms with Crippen LogP contribution in [-0.4, -0.2) is 102 Å². The van der Waals surface area contributed by atoms with Gasteiger partial charge >= 0.3 is 0 Å². The summed E-state index contributed by atoms with van der Waals surface area (Å²) in [6.07, 6.45) is -0.138. The number of nitrogens with one attached hydrogen (secondary N) is 3. The van der Waals surface area contributed by atoms with Crippen LogP contribution in [-0.2, 0) is 30.3 Å². The molecule has 1 aromatic carbocycles. The third-order valence-electron chi connectivity index (χ3n) is 6.56. The molecular weight excluding hydrogens is 504 g/mol. The molecule has 0 aliphatic carbocycles. The van der Waals surface area contributed by atoms with Gasteiger partial charge in [-0.3, -0.25) is 29.0 Å². The number of pyridine rings is 1. The lowest BCUT2D eigenvalue weighted by molar-refractivity contribution is -0.148. The highest BCUT2D eigenvalue weighted by Crippen LogP contribution is 2.16. The third-order valence-corrected chi connectivity index (χ3v) is 6.56. The summed E-state index contributed by atoms with van der Waals surface area (Å²) in [4.78, 5) is 72.0. The standard InChI is InChI=1S/C27H32N6O6/c1-17-24(35)29-13-19-14-33(27(38)20-10-6-7-11-28-20)15-22(39-19)25(36)31-21(12-18-8-4-3-5-9-18)26(37)32(2)16-23(34)30-17/h3-11,17,19,21-22H,12-16H2,1-2H3,(H,29,35)(H,30,34)(H,31,36)/t17-,19+,21-,22-/m1/s1. The molecule has 3 N–H and O–H groups in total. The first-order chi connectivity index (χ1) is 18.7. The second-order valence-corrected chi connectivity index (χ2v) is 9.65. The Hall–Kier alpha value is -4.32. The minimum atomic E-state index is -1.10. The summed E-state index contributed by atoms with van der Waals surface area (Å²) in [6.45, 7) is 1.27. The molecule has 206 valence electrons. The van der Waals surface area contributed by atoms with Gasteiger partial charge in [0.15, 0.2) is 6.10 Å². The molecule has 0 unspecified atom stereocenters. The summed E-state index contributed by atoms with van der Waals surface area (Å²) < 4.78 is 6.00. The van der Waals surface area contributed by atoms with Crippen molar-refractivity contribution >= 4 is 29.5 Å². The van der Waals surface area contributed by atoms with Gasteiger partial charge in [0.2, 0.25) is 17.7 Å². The normalized spacial score (nSPS) is 25.1. The molecule has 2 saturated heterocycles. The van der Waals surface area contributed by atoms with Gasteiger partial charge in [-0.1, -0.05) is 36.4 Å². The van der Waals surface area contributed by atoms with Crippen LogP contribution in [0.3, 0.4) is 0 Å². The predicted octanol–water partition coefficient (Wildman–Crippen LogP) is -0.888. The average molecular weight is 537 g/mol. The fraction of sp³-hybridized carbons (Fsp3) is 0.407. The molecule has 2 aromatic rings. The fourth-order valence-electron chi connectivity index (χ4n) is 4.51. The number of ether oxygens (including phenoxy) is 1. The van der Waals surface area contributed by atoms with E-state index in [0.29, 0.717) is 0 Å². The molecule has 4 rings (SSSR count). The van der Waals surface area contributed by atoms with Gasteiger partial charge in [-0.2, -0.15) is 0 Å². The van der Waals surface area contributed by atoms with Crippen molar-refractivity contribution in [2.75, 3.05) is 33.2 Å². The SMILES string of the molecule is C[C@H]1NC(=O)CN(C)C(=O)[C@@H](Cc2ccccc2)NC(=O)[C@H]2CN(C(=O)c3ccccn3)C[C@H](CNC1=O)O2. The number of fused-ring (bicyclic) bond motifs is 2. The zero-order valence-corrected chi connectivity index (χ0v) is 21.8. The van der Waals surface area contributed by atoms with Gasteiger partial charge < -0.3 is 30.5 Å². The minimum absolute atomic E-state index is 0.00109. The number of aromatic nitrogens is 1. The molecule has 39 heavy (non-hydrogen) atoms. The van der Waals surface area contributed by atoms with E-state index in [-0.39, 0.29) is 44.2 Å². The Bertz CT molecular complexity index is 1210. The maximum absolute atomic E-state index is 13.5. The Labute approximate surface area is 226 Å². The number of rotatable bonds is 3. The Kier molecular flexibility index (Phi) is 8.87. The molecule has 2 fully saturated rings. The molecule has 2 aliphatic heterocycles. The van der Waals surface area contributed by atoms with Crippen molar-refractivity contribution in [2.45, 2.75) is 37.6 Å². The van der Waals surface area contributed by atoms with Crippen molar-refractivity contribution in [3.63, 3.8) is 0 Å². The number of carbonyl (C=O) groups is 5. The topological polar surface area (TPSA) is 150 Å². The number of amides is 5. The van der Waals surface area contributed by atoms with E-state index < -0.39 is 47.9 Å². The molecule has 1 aromatic heterocycles. The second-order valence-electron chi connectivity index (χ2n) is 9.65. The fourth-order valence-corrected chi connectivity index (χ4v) is 4.51. The van der Waals surface area contributed by atoms with E-state index in [0.717, 1.165) is 5.56 Å². The quantitative estimate of drug-likeness (QED) is 0.461. The number of benzene rings is 1. The first kappa shape index (κ1) is 27.7. The smallest absolute Gasteiger partial charge is 0.272 e. The van der Waals surface area contributed by atoms with E-state index in [1.165, 1.54) is 30.0 Å². The van der Waals surface area contributed by atoms with E-state index in [9.17, 15) is 24.0 Å². The van der Waals surface area contributed by atoms with Gasteiger partial charge in [-0.15, -0.1) is 0 Å². The lowest BCUT2D eigenvalue weighted by atomic mass is 10.0. The third kappa shape index (κ3) is 7.17. The highest BCUT2D eigenvalue weighted by Gasteiger charge is 2.37. The first-order valence-corrected chi connectivity index (χ1v) is 12.7. The summed E-state index contributed by atoms with van der Waals surface area (Å²) in [5.74, 6) is -2.44. The number of morpholine rings is 1. The van der Waals surface area contributed by atoms with Gasteiger partial charge in [-0.25, -0.2) is 0 Å². The number of nitrogens with zero attached hydrogens (tertiary/aromatic N) is 3. The summed E-state index contributed by atoms with van der Waals surface area (Å²) >= 11 is 0. The summed E-state index contributed by atoms with van der Waals surface area (Å²) in [6, 6.07) is 12.3. The van der Waals surface area contributed by atoms with Crippen LogP contribution in [0.4, 0.5) is 0 Å². The molecule has 2 aliphatic rings. The average Bonchev–Trinajstić information content (AvgIpc) is 2.95. The minimum Gasteiger partial charge on any atom is -0.360 e. The Morgan fingerprint density at radius 3 is 2.46 bits per heavy atom. The van der Waals surface area contributed by atoms with Crippen LogP contribution in [0.25, 0.3) is 0 Å². The van der Waals surface area contributed by atoms with Gasteiger partial charge in [0.25, 0.3) is 11.8 Å². The van der Waals surface area contributed by atoms with Crippen LogP contribution in [0.2, 0.25) is 0 Å². The molecule has 2 bridgehead atoms. The monoisotopic (exact) mass is 536 g/mol. The number of likely N-dealkylation sites (N-methyl/N-ethyl adjacent to an activating group) is 1. The van der Waals surface area contributed by atoms with Gasteiger partial charge in [-0.05, 0) is 24.6 Å². The lowest BCUT2D eigenvalue weighted by Crippen LogP contribution is -2.59. The molecule has 0 spiro atoms. The zero-order chi connectivity index (χ0) is 27.9. The van der Waals surface area contributed by atoms with Crippen LogP contribution in [0.5, 0.6) is 0 Å². The number of hydrogen-bond acceptors (Lipinski definition) is 7. The van der Waals surface area contributed by atoms with Gasteiger partial charge in [0.05, 0.1) is 19.2 Å². The van der Waals surface area contributed by atoms with E-state index in [1.807, 2.05) is 30.3 Å². The lowest BCUT2D eigenvalue weighted by Gasteiger charge is -2.38. The summed E-state index contributed by atoms with van der Waals surface area (Å²) in [5, 5.41) is 8.07. The van der Waals surface area contributed by atoms with Crippen LogP contribution < -0.4 is 16.0 Å². The van der Waals surface area contributed by atoms with Crippen molar-refractivity contribution in [3.05, 3.63) is 66.0 Å².